The summed E-state index contributed by atoms with van der Waals surface area (Å²) in [7, 11) is -2.80. The number of benzene rings is 2. The molecular weight excluding hydrogens is 481 g/mol. The fraction of sp³-hybridized carbons (Fsp3) is 0.217. The molecule has 0 spiro atoms. The molecule has 0 aliphatic rings. The lowest BCUT2D eigenvalue weighted by atomic mass is 10.2. The van der Waals surface area contributed by atoms with Crippen LogP contribution in [0.5, 0.6) is 11.5 Å². The minimum absolute atomic E-state index is 0.0564. The molecule has 34 heavy (non-hydrogen) atoms. The van der Waals surface area contributed by atoms with Crippen molar-refractivity contribution in [1.29, 1.82) is 0 Å². The number of aromatic nitrogens is 1. The molecule has 1 amide bonds. The summed E-state index contributed by atoms with van der Waals surface area (Å²) in [6, 6.07) is 15.3. The molecule has 2 atom stereocenters. The fourth-order valence-electron chi connectivity index (χ4n) is 3.17. The quantitative estimate of drug-likeness (QED) is 0.318. The van der Waals surface area contributed by atoms with Crippen LogP contribution in [-0.2, 0) is 20.6 Å². The third-order valence-electron chi connectivity index (χ3n) is 4.99. The second-order valence-corrected chi connectivity index (χ2v) is 10.7. The number of pyridine rings is 1. The molecule has 1 heterocycles. The molecule has 0 fully saturated rings. The third-order valence-corrected chi connectivity index (χ3v) is 8.08. The van der Waals surface area contributed by atoms with Crippen molar-refractivity contribution >= 4 is 27.7 Å². The Morgan fingerprint density at radius 1 is 1.12 bits per heavy atom. The van der Waals surface area contributed by atoms with Crippen molar-refractivity contribution < 1.29 is 27.5 Å². The highest BCUT2D eigenvalue weighted by atomic mass is 32.2. The van der Waals surface area contributed by atoms with E-state index in [1.807, 2.05) is 12.1 Å². The monoisotopic (exact) mass is 505 g/mol. The number of nitrogens with one attached hydrogen (secondary N) is 1. The summed E-state index contributed by atoms with van der Waals surface area (Å²) >= 11 is 1.34. The van der Waals surface area contributed by atoms with Gasteiger partial charge in [-0.3, -0.25) is 15.0 Å². The number of sulfonamides is 1. The lowest BCUT2D eigenvalue weighted by molar-refractivity contribution is -0.132. The van der Waals surface area contributed by atoms with Crippen LogP contribution >= 0.6 is 11.8 Å². The van der Waals surface area contributed by atoms with Crippen LogP contribution in [0.15, 0.2) is 77.8 Å². The Morgan fingerprint density at radius 3 is 2.29 bits per heavy atom. The maximum absolute atomic E-state index is 13.2. The molecule has 2 N–H and O–H groups in total. The van der Waals surface area contributed by atoms with Crippen LogP contribution in [0.4, 0.5) is 4.39 Å². The Labute approximate surface area is 201 Å². The SMILES string of the molecule is C[C@@H](SCc1ccccn1)C(C(=O)NO)N(C)S(=O)(=O)c1ccc(Oc2ccc(F)cc2)cc1. The van der Waals surface area contributed by atoms with Crippen LogP contribution in [0, 0.1) is 5.82 Å². The summed E-state index contributed by atoms with van der Waals surface area (Å²) in [6.45, 7) is 1.71. The highest BCUT2D eigenvalue weighted by Crippen LogP contribution is 2.28. The molecule has 3 aromatic rings. The van der Waals surface area contributed by atoms with E-state index in [0.717, 1.165) is 10.00 Å². The van der Waals surface area contributed by atoms with Crippen molar-refractivity contribution in [3.63, 3.8) is 0 Å². The second-order valence-electron chi connectivity index (χ2n) is 7.31. The Hall–Kier alpha value is -2.99. The van der Waals surface area contributed by atoms with Crippen molar-refractivity contribution in [2.45, 2.75) is 28.9 Å². The van der Waals surface area contributed by atoms with E-state index >= 15 is 0 Å². The first kappa shape index (κ1) is 25.6. The van der Waals surface area contributed by atoms with Crippen molar-refractivity contribution in [3.05, 3.63) is 84.4 Å². The number of hydrogen-bond acceptors (Lipinski definition) is 7. The van der Waals surface area contributed by atoms with E-state index in [1.165, 1.54) is 67.3 Å². The van der Waals surface area contributed by atoms with Gasteiger partial charge in [0.05, 0.1) is 10.6 Å². The maximum atomic E-state index is 13.2. The van der Waals surface area contributed by atoms with Crippen molar-refractivity contribution in [1.82, 2.24) is 14.8 Å². The van der Waals surface area contributed by atoms with Gasteiger partial charge in [-0.2, -0.15) is 16.1 Å². The number of hydrogen-bond donors (Lipinski definition) is 2. The molecule has 180 valence electrons. The summed E-state index contributed by atoms with van der Waals surface area (Å²) in [6.07, 6.45) is 1.65. The van der Waals surface area contributed by atoms with Crippen molar-refractivity contribution in [2.75, 3.05) is 7.05 Å². The van der Waals surface area contributed by atoms with Gasteiger partial charge >= 0.3 is 0 Å². The van der Waals surface area contributed by atoms with E-state index in [9.17, 15) is 22.8 Å². The highest BCUT2D eigenvalue weighted by Gasteiger charge is 2.37. The van der Waals surface area contributed by atoms with Gasteiger partial charge in [-0.1, -0.05) is 13.0 Å². The standard InChI is InChI=1S/C23H24FN3O5S2/c1-16(33-15-18-5-3-4-14-25-18)22(23(28)26-29)27(2)34(30,31)21-12-10-20(11-13-21)32-19-8-6-17(24)7-9-19/h3-14,16,22,29H,15H2,1-2H3,(H,26,28)/t16-,22?/m1/s1. The van der Waals surface area contributed by atoms with E-state index in [2.05, 4.69) is 4.98 Å². The molecule has 0 aliphatic heterocycles. The Morgan fingerprint density at radius 2 is 1.74 bits per heavy atom. The summed E-state index contributed by atoms with van der Waals surface area (Å²) in [5, 5.41) is 8.73. The van der Waals surface area contributed by atoms with Gasteiger partial charge < -0.3 is 4.74 Å². The van der Waals surface area contributed by atoms with Crippen LogP contribution in [0.3, 0.4) is 0 Å². The summed E-state index contributed by atoms with van der Waals surface area (Å²) < 4.78 is 46.1. The van der Waals surface area contributed by atoms with E-state index in [0.29, 0.717) is 17.3 Å². The number of carbonyl (C=O) groups is 1. The topological polar surface area (TPSA) is 109 Å². The Balaban J connectivity index is 1.75. The van der Waals surface area contributed by atoms with Crippen LogP contribution in [0.2, 0.25) is 0 Å². The number of likely N-dealkylation sites (N-methyl/N-ethyl adjacent to an activating group) is 1. The van der Waals surface area contributed by atoms with E-state index in [1.54, 1.807) is 24.7 Å². The molecule has 3 rings (SSSR count). The Kier molecular flexibility index (Phi) is 8.61. The zero-order chi connectivity index (χ0) is 24.7. The van der Waals surface area contributed by atoms with Crippen molar-refractivity contribution in [2.24, 2.45) is 0 Å². The van der Waals surface area contributed by atoms with Crippen LogP contribution in [0.1, 0.15) is 12.6 Å². The first-order valence-corrected chi connectivity index (χ1v) is 12.7. The largest absolute Gasteiger partial charge is 0.457 e. The van der Waals surface area contributed by atoms with Crippen LogP contribution < -0.4 is 10.2 Å². The van der Waals surface area contributed by atoms with Crippen LogP contribution in [-0.4, -0.2) is 47.2 Å². The van der Waals surface area contributed by atoms with Crippen molar-refractivity contribution in [3.8, 4) is 11.5 Å². The number of halogens is 1. The number of rotatable bonds is 10. The van der Waals surface area contributed by atoms with E-state index in [4.69, 9.17) is 4.74 Å². The number of ether oxygens (including phenoxy) is 1. The highest BCUT2D eigenvalue weighted by molar-refractivity contribution is 7.99. The molecule has 11 heteroatoms. The molecule has 0 bridgehead atoms. The number of nitrogens with zero attached hydrogens (tertiary/aromatic N) is 2. The van der Waals surface area contributed by atoms with Gasteiger partial charge in [-0.25, -0.2) is 18.3 Å². The first-order valence-electron chi connectivity index (χ1n) is 10.2. The normalized spacial score (nSPS) is 13.3. The summed E-state index contributed by atoms with van der Waals surface area (Å²) in [5.41, 5.74) is 2.35. The van der Waals surface area contributed by atoms with Gasteiger partial charge in [0.1, 0.15) is 23.4 Å². The number of carbonyl (C=O) groups excluding carboxylic acids is 1. The minimum atomic E-state index is -4.09. The van der Waals surface area contributed by atoms with Gasteiger partial charge in [0.25, 0.3) is 5.91 Å². The predicted octanol–water partition coefficient (Wildman–Crippen LogP) is 3.83. The Bertz CT molecular complexity index is 1190. The van der Waals surface area contributed by atoms with E-state index in [-0.39, 0.29) is 4.90 Å². The van der Waals surface area contributed by atoms with E-state index < -0.39 is 33.0 Å². The van der Waals surface area contributed by atoms with Gasteiger partial charge in [0, 0.05) is 24.2 Å². The number of hydroxylamine groups is 1. The smallest absolute Gasteiger partial charge is 0.262 e. The summed E-state index contributed by atoms with van der Waals surface area (Å²) in [5.74, 6) is -0.0284. The molecule has 2 aromatic carbocycles. The average Bonchev–Trinajstić information content (AvgIpc) is 2.85. The van der Waals surface area contributed by atoms with Gasteiger partial charge in [0.2, 0.25) is 10.0 Å². The predicted molar refractivity (Wildman–Crippen MR) is 127 cm³/mol. The zero-order valence-corrected chi connectivity index (χ0v) is 20.1. The summed E-state index contributed by atoms with van der Waals surface area (Å²) in [4.78, 5) is 16.6. The molecule has 0 radical (unpaired) electrons. The average molecular weight is 506 g/mol. The molecular formula is C23H24FN3O5S2. The molecule has 0 aliphatic carbocycles. The molecule has 1 aromatic heterocycles. The van der Waals surface area contributed by atoms with Gasteiger partial charge in [-0.05, 0) is 60.7 Å². The second kappa shape index (κ2) is 11.4. The first-order chi connectivity index (χ1) is 16.2. The zero-order valence-electron chi connectivity index (χ0n) is 18.5. The molecule has 8 nitrogen and oxygen atoms in total. The lowest BCUT2D eigenvalue weighted by Gasteiger charge is -2.30. The van der Waals surface area contributed by atoms with Crippen LogP contribution in [0.25, 0.3) is 0 Å². The minimum Gasteiger partial charge on any atom is -0.457 e. The molecule has 0 saturated carbocycles. The van der Waals surface area contributed by atoms with Gasteiger partial charge in [-0.15, -0.1) is 0 Å². The number of amides is 1. The third kappa shape index (κ3) is 6.32. The molecule has 0 saturated heterocycles. The molecule has 1 unspecified atom stereocenters. The fourth-order valence-corrected chi connectivity index (χ4v) is 5.73. The number of thioether (sulfide) groups is 1. The van der Waals surface area contributed by atoms with Gasteiger partial charge in [0.15, 0.2) is 0 Å². The maximum Gasteiger partial charge on any atom is 0.262 e. The lowest BCUT2D eigenvalue weighted by Crippen LogP contribution is -2.51.